The number of hydrogen-bond acceptors (Lipinski definition) is 6. The molecular formula is C11H11NO5. The molecule has 0 aliphatic carbocycles. The fourth-order valence-corrected chi connectivity index (χ4v) is 0.876. The van der Waals surface area contributed by atoms with Gasteiger partial charge in [-0.1, -0.05) is 6.07 Å². The number of nitrogens with zero attached hydrogens (tertiary/aromatic N) is 1. The first kappa shape index (κ1) is 14.3. The van der Waals surface area contributed by atoms with Gasteiger partial charge in [0.15, 0.2) is 11.5 Å². The first-order valence-corrected chi connectivity index (χ1v) is 4.36. The van der Waals surface area contributed by atoms with Gasteiger partial charge in [-0.3, -0.25) is 0 Å². The summed E-state index contributed by atoms with van der Waals surface area (Å²) in [7, 11) is 1.28. The maximum absolute atomic E-state index is 10.7. The van der Waals surface area contributed by atoms with Crippen LogP contribution in [0.15, 0.2) is 24.3 Å². The van der Waals surface area contributed by atoms with E-state index in [9.17, 15) is 4.79 Å². The first-order valence-electron chi connectivity index (χ1n) is 4.36. The van der Waals surface area contributed by atoms with Crippen LogP contribution in [0.1, 0.15) is 5.56 Å². The Labute approximate surface area is 97.6 Å². The lowest BCUT2D eigenvalue weighted by molar-refractivity contribution is -0.134. The molecule has 0 aliphatic rings. The smallest absolute Gasteiger partial charge is 0.330 e. The van der Waals surface area contributed by atoms with Gasteiger partial charge < -0.3 is 20.1 Å². The number of ether oxygens (including phenoxy) is 1. The first-order chi connectivity index (χ1) is 8.04. The Hall–Kier alpha value is -2.68. The highest BCUT2D eigenvalue weighted by Gasteiger charge is 1.98. The quantitative estimate of drug-likeness (QED) is 0.307. The van der Waals surface area contributed by atoms with Crippen molar-refractivity contribution in [3.63, 3.8) is 0 Å². The molecule has 0 saturated carbocycles. The van der Waals surface area contributed by atoms with Gasteiger partial charge in [-0.15, -0.1) is 0 Å². The number of methoxy groups -OCH3 is 1. The molecule has 0 aromatic heterocycles. The lowest BCUT2D eigenvalue weighted by atomic mass is 10.2. The van der Waals surface area contributed by atoms with E-state index < -0.39 is 5.97 Å². The van der Waals surface area contributed by atoms with E-state index in [-0.39, 0.29) is 11.5 Å². The van der Waals surface area contributed by atoms with Gasteiger partial charge in [0.05, 0.1) is 7.11 Å². The standard InChI is InChI=1S/C10H10O4.CHNO/c1-14-10(13)5-3-7-2-4-8(11)9(12)6-7;2-1-3/h2-6,11-12H,1H3;3H/b5-3+;. The fraction of sp³-hybridized carbons (Fsp3) is 0.0909. The summed E-state index contributed by atoms with van der Waals surface area (Å²) in [6.45, 7) is 0. The summed E-state index contributed by atoms with van der Waals surface area (Å²) in [4.78, 5) is 10.7. The average Bonchev–Trinajstić information content (AvgIpc) is 2.31. The molecule has 17 heavy (non-hydrogen) atoms. The third kappa shape index (κ3) is 5.69. The van der Waals surface area contributed by atoms with Crippen LogP contribution in [-0.2, 0) is 9.53 Å². The Morgan fingerprint density at radius 2 is 2.00 bits per heavy atom. The minimum atomic E-state index is -0.474. The van der Waals surface area contributed by atoms with Gasteiger partial charge in [-0.2, -0.15) is 5.26 Å². The fourth-order valence-electron chi connectivity index (χ4n) is 0.876. The Bertz CT molecular complexity index is 448. The van der Waals surface area contributed by atoms with Gasteiger partial charge in [0, 0.05) is 6.08 Å². The summed E-state index contributed by atoms with van der Waals surface area (Å²) in [6.07, 6.45) is 3.46. The van der Waals surface area contributed by atoms with Crippen LogP contribution in [0, 0.1) is 11.5 Å². The van der Waals surface area contributed by atoms with E-state index >= 15 is 0 Å². The number of esters is 1. The van der Waals surface area contributed by atoms with Crippen molar-refractivity contribution in [1.29, 1.82) is 5.26 Å². The molecule has 0 aliphatic heterocycles. The van der Waals surface area contributed by atoms with Crippen molar-refractivity contribution in [2.24, 2.45) is 0 Å². The summed E-state index contributed by atoms with van der Waals surface area (Å²) >= 11 is 0. The number of rotatable bonds is 2. The van der Waals surface area contributed by atoms with Crippen molar-refractivity contribution >= 4 is 12.0 Å². The average molecular weight is 237 g/mol. The SMILES string of the molecule is COC(=O)/C=C/c1ccc(O)c(O)c1.N#CO. The van der Waals surface area contributed by atoms with Gasteiger partial charge >= 0.3 is 5.97 Å². The summed E-state index contributed by atoms with van der Waals surface area (Å²) < 4.78 is 4.39. The highest BCUT2D eigenvalue weighted by molar-refractivity contribution is 5.87. The van der Waals surface area contributed by atoms with Crippen LogP contribution in [0.4, 0.5) is 0 Å². The van der Waals surface area contributed by atoms with Crippen LogP contribution in [0.5, 0.6) is 11.5 Å². The topological polar surface area (TPSA) is 111 Å². The van der Waals surface area contributed by atoms with Crippen molar-refractivity contribution in [2.45, 2.75) is 0 Å². The maximum Gasteiger partial charge on any atom is 0.330 e. The van der Waals surface area contributed by atoms with Gasteiger partial charge in [0.2, 0.25) is 0 Å². The summed E-state index contributed by atoms with van der Waals surface area (Å²) in [6, 6.07) is 4.25. The number of nitriles is 1. The van der Waals surface area contributed by atoms with Crippen molar-refractivity contribution in [2.75, 3.05) is 7.11 Å². The number of aromatic hydroxyl groups is 2. The molecule has 0 atom stereocenters. The molecule has 0 radical (unpaired) electrons. The molecule has 1 rings (SSSR count). The molecule has 0 unspecified atom stereocenters. The predicted molar refractivity (Wildman–Crippen MR) is 58.4 cm³/mol. The zero-order valence-corrected chi connectivity index (χ0v) is 8.99. The van der Waals surface area contributed by atoms with E-state index in [1.54, 1.807) is 6.07 Å². The monoisotopic (exact) mass is 237 g/mol. The Morgan fingerprint density at radius 1 is 1.41 bits per heavy atom. The van der Waals surface area contributed by atoms with E-state index in [4.69, 9.17) is 20.6 Å². The summed E-state index contributed by atoms with van der Waals surface area (Å²) in [5.41, 5.74) is 0.603. The maximum atomic E-state index is 10.7. The van der Waals surface area contributed by atoms with Crippen molar-refractivity contribution in [1.82, 2.24) is 0 Å². The number of phenols is 2. The number of benzene rings is 1. The van der Waals surface area contributed by atoms with E-state index in [1.165, 1.54) is 31.4 Å². The second kappa shape index (κ2) is 7.59. The predicted octanol–water partition coefficient (Wildman–Crippen LogP) is 1.12. The molecular weight excluding hydrogens is 226 g/mol. The third-order valence-corrected chi connectivity index (χ3v) is 1.61. The van der Waals surface area contributed by atoms with Gasteiger partial charge in [-0.25, -0.2) is 4.79 Å². The van der Waals surface area contributed by atoms with E-state index in [2.05, 4.69) is 4.74 Å². The molecule has 0 bridgehead atoms. The minimum absolute atomic E-state index is 0.194. The van der Waals surface area contributed by atoms with Gasteiger partial charge in [0.1, 0.15) is 0 Å². The van der Waals surface area contributed by atoms with E-state index in [0.29, 0.717) is 5.56 Å². The van der Waals surface area contributed by atoms with Crippen LogP contribution < -0.4 is 0 Å². The second-order valence-electron chi connectivity index (χ2n) is 2.70. The van der Waals surface area contributed by atoms with Crippen molar-refractivity contribution in [3.8, 4) is 17.8 Å². The van der Waals surface area contributed by atoms with Crippen molar-refractivity contribution < 1.29 is 24.9 Å². The second-order valence-corrected chi connectivity index (χ2v) is 2.70. The molecule has 6 heteroatoms. The van der Waals surface area contributed by atoms with Crippen LogP contribution in [0.25, 0.3) is 6.08 Å². The highest BCUT2D eigenvalue weighted by atomic mass is 16.5. The lowest BCUT2D eigenvalue weighted by Gasteiger charge is -1.98. The van der Waals surface area contributed by atoms with Crippen LogP contribution >= 0.6 is 0 Å². The van der Waals surface area contributed by atoms with Gasteiger partial charge in [-0.05, 0) is 23.8 Å². The van der Waals surface area contributed by atoms with Crippen LogP contribution in [0.2, 0.25) is 0 Å². The minimum Gasteiger partial charge on any atom is -0.504 e. The Balaban J connectivity index is 0.000000770. The Morgan fingerprint density at radius 3 is 2.47 bits per heavy atom. The highest BCUT2D eigenvalue weighted by Crippen LogP contribution is 2.25. The number of hydrogen-bond donors (Lipinski definition) is 3. The summed E-state index contributed by atoms with van der Waals surface area (Å²) in [5, 5.41) is 31.9. The van der Waals surface area contributed by atoms with E-state index in [0.717, 1.165) is 6.26 Å². The molecule has 0 amide bonds. The third-order valence-electron chi connectivity index (χ3n) is 1.61. The molecule has 3 N–H and O–H groups in total. The molecule has 0 heterocycles. The lowest BCUT2D eigenvalue weighted by Crippen LogP contribution is -1.93. The summed E-state index contributed by atoms with van der Waals surface area (Å²) in [5.74, 6) is -0.894. The van der Waals surface area contributed by atoms with Crippen LogP contribution in [-0.4, -0.2) is 28.4 Å². The zero-order valence-electron chi connectivity index (χ0n) is 8.99. The number of carbonyl (C=O) groups excluding carboxylic acids is 1. The number of aliphatic hydroxyl groups excluding tert-OH is 1. The Kier molecular flexibility index (Phi) is 6.39. The number of carbonyl (C=O) groups is 1. The van der Waals surface area contributed by atoms with Gasteiger partial charge in [0.25, 0.3) is 6.26 Å². The molecule has 90 valence electrons. The van der Waals surface area contributed by atoms with Crippen molar-refractivity contribution in [3.05, 3.63) is 29.8 Å². The number of aliphatic hydroxyl groups is 1. The molecule has 0 spiro atoms. The zero-order chi connectivity index (χ0) is 13.3. The molecule has 0 fully saturated rings. The molecule has 1 aromatic carbocycles. The number of phenolic OH excluding ortho intramolecular Hbond substituents is 2. The largest absolute Gasteiger partial charge is 0.504 e. The molecule has 6 nitrogen and oxygen atoms in total. The van der Waals surface area contributed by atoms with E-state index in [1.807, 2.05) is 0 Å². The molecule has 1 aromatic rings. The normalized spacial score (nSPS) is 8.94. The van der Waals surface area contributed by atoms with Crippen LogP contribution in [0.3, 0.4) is 0 Å². The molecule has 0 saturated heterocycles.